The summed E-state index contributed by atoms with van der Waals surface area (Å²) in [5.74, 6) is 0. The summed E-state index contributed by atoms with van der Waals surface area (Å²) < 4.78 is 29.5. The Bertz CT molecular complexity index is 60.0. The first kappa shape index (κ1) is 18.1. The van der Waals surface area contributed by atoms with Crippen LogP contribution in [0.5, 0.6) is 0 Å². The predicted molar refractivity (Wildman–Crippen MR) is 44.8 cm³/mol. The van der Waals surface area contributed by atoms with Crippen LogP contribution in [-0.2, 0) is 0 Å². The van der Waals surface area contributed by atoms with Gasteiger partial charge in [-0.2, -0.15) is 13.2 Å². The van der Waals surface area contributed by atoms with Crippen molar-refractivity contribution in [2.24, 2.45) is 0 Å². The third-order valence-corrected chi connectivity index (χ3v) is 0. The van der Waals surface area contributed by atoms with Crippen LogP contribution in [0.2, 0.25) is 0 Å². The molecule has 72 valence electrons. The molecule has 0 rings (SSSR count). The molecule has 0 saturated heterocycles. The molecule has 0 N–H and O–H groups in total. The molecule has 0 amide bonds. The van der Waals surface area contributed by atoms with Crippen LogP contribution in [0, 0.1) is 0 Å². The summed E-state index contributed by atoms with van der Waals surface area (Å²) in [6.45, 7) is 0. The molecular weight excluding hydrogens is 270 g/mol. The number of hydrogen-bond acceptors (Lipinski definition) is 0. The molecule has 0 bridgehead atoms. The Morgan fingerprint density at radius 1 is 0.727 bits per heavy atom. The molecule has 0 nitrogen and oxygen atoms in total. The lowest BCUT2D eigenvalue weighted by atomic mass is 11.7. The van der Waals surface area contributed by atoms with Crippen molar-refractivity contribution in [3.05, 3.63) is 0 Å². The summed E-state index contributed by atoms with van der Waals surface area (Å²) in [4.78, 5) is -3.56. The Morgan fingerprint density at radius 2 is 0.727 bits per heavy atom. The van der Waals surface area contributed by atoms with Gasteiger partial charge in [0.1, 0.15) is 0 Å². The van der Waals surface area contributed by atoms with E-state index in [0.29, 0.717) is 0 Å². The summed E-state index contributed by atoms with van der Waals surface area (Å²) in [5.41, 5.74) is 0. The third kappa shape index (κ3) is 624. The van der Waals surface area contributed by atoms with E-state index < -0.39 is 8.89 Å². The molecule has 0 heterocycles. The maximum atomic E-state index is 11.0. The molecule has 0 atom stereocenters. The summed E-state index contributed by atoms with van der Waals surface area (Å²) in [7, 11) is 0. The van der Waals surface area contributed by atoms with Gasteiger partial charge in [-0.15, -0.1) is 0 Å². The first-order chi connectivity index (χ1) is 4.00. The first-order valence-electron chi connectivity index (χ1n) is 1.51. The highest BCUT2D eigenvalue weighted by Crippen LogP contribution is 2.26. The van der Waals surface area contributed by atoms with Crippen molar-refractivity contribution in [2.45, 2.75) is 16.3 Å². The lowest BCUT2D eigenvalue weighted by Crippen LogP contribution is -1.86. The highest BCUT2D eigenvalue weighted by molar-refractivity contribution is 6.66. The van der Waals surface area contributed by atoms with Crippen molar-refractivity contribution in [3.8, 4) is 0 Å². The van der Waals surface area contributed by atoms with Gasteiger partial charge in [-0.25, -0.2) is 0 Å². The fraction of sp³-hybridized carbons (Fsp3) is 1.00. The Labute approximate surface area is 87.5 Å². The van der Waals surface area contributed by atoms with Crippen LogP contribution in [0.25, 0.3) is 0 Å². The van der Waals surface area contributed by atoms with Crippen molar-refractivity contribution in [1.82, 2.24) is 0 Å². The van der Waals surface area contributed by atoms with E-state index in [2.05, 4.69) is 58.0 Å². The van der Waals surface area contributed by atoms with Crippen molar-refractivity contribution in [2.75, 3.05) is 0 Å². The maximum Gasteiger partial charge on any atom is 0.401 e. The number of halogens is 8. The van der Waals surface area contributed by atoms with Crippen LogP contribution in [0.1, 0.15) is 7.43 Å². The van der Waals surface area contributed by atoms with Crippen LogP contribution in [0.15, 0.2) is 0 Å². The largest absolute Gasteiger partial charge is 0.401 e. The smallest absolute Gasteiger partial charge is 0.189 e. The molecule has 0 aromatic rings. The van der Waals surface area contributed by atoms with Gasteiger partial charge in [-0.3, -0.25) is 0 Å². The van der Waals surface area contributed by atoms with E-state index in [-0.39, 0.29) is 7.43 Å². The monoisotopic (exact) mass is 272 g/mol. The van der Waals surface area contributed by atoms with E-state index in [0.717, 1.165) is 0 Å². The standard InChI is InChI=1S/CCl3F.CCl2F2.CH4/c2*2-1(3,4)5;/h;;1H4. The zero-order valence-corrected chi connectivity index (χ0v) is 7.80. The van der Waals surface area contributed by atoms with Crippen molar-refractivity contribution in [1.29, 1.82) is 0 Å². The second-order valence-corrected chi connectivity index (χ2v) is 4.14. The topological polar surface area (TPSA) is 0 Å². The Kier molecular flexibility index (Phi) is 11.1. The lowest BCUT2D eigenvalue weighted by molar-refractivity contribution is 0.194. The number of hydrogen-bond donors (Lipinski definition) is 0. The van der Waals surface area contributed by atoms with E-state index in [4.69, 9.17) is 0 Å². The van der Waals surface area contributed by atoms with Crippen LogP contribution in [0.3, 0.4) is 0 Å². The number of alkyl halides is 8. The Balaban J connectivity index is -0.000000107. The van der Waals surface area contributed by atoms with Gasteiger partial charge in [0, 0.05) is 0 Å². The fourth-order valence-corrected chi connectivity index (χ4v) is 0. The predicted octanol–water partition coefficient (Wildman–Crippen LogP) is 4.93. The Hall–Kier alpha value is 1.24. The molecule has 0 spiro atoms. The molecule has 0 saturated carbocycles. The number of rotatable bonds is 0. The van der Waals surface area contributed by atoms with E-state index >= 15 is 0 Å². The normalized spacial score (nSPS) is 10.9. The minimum Gasteiger partial charge on any atom is -0.189 e. The zero-order chi connectivity index (χ0) is 9.00. The summed E-state index contributed by atoms with van der Waals surface area (Å²) >= 11 is 21.1. The van der Waals surface area contributed by atoms with Crippen LogP contribution in [0.4, 0.5) is 13.2 Å². The SMILES string of the molecule is C.FC(Cl)(Cl)Cl.FC(F)(Cl)Cl. The van der Waals surface area contributed by atoms with Gasteiger partial charge in [0.25, 0.3) is 0 Å². The van der Waals surface area contributed by atoms with Gasteiger partial charge in [0.15, 0.2) is 0 Å². The zero-order valence-electron chi connectivity index (χ0n) is 4.02. The quantitative estimate of drug-likeness (QED) is 0.549. The molecule has 0 aromatic heterocycles. The molecule has 0 radical (unpaired) electrons. The van der Waals surface area contributed by atoms with Gasteiger partial charge >= 0.3 is 8.89 Å². The molecule has 8 heteroatoms. The fourth-order valence-electron chi connectivity index (χ4n) is 0. The van der Waals surface area contributed by atoms with E-state index in [1.807, 2.05) is 0 Å². The minimum absolute atomic E-state index is 0. The molecule has 0 fully saturated rings. The van der Waals surface area contributed by atoms with E-state index in [1.54, 1.807) is 0 Å². The van der Waals surface area contributed by atoms with Gasteiger partial charge < -0.3 is 0 Å². The second-order valence-electron chi connectivity index (χ2n) is 0.857. The maximum absolute atomic E-state index is 11.0. The van der Waals surface area contributed by atoms with Crippen molar-refractivity contribution in [3.63, 3.8) is 0 Å². The average Bonchev–Trinajstić information content (AvgIpc) is 1.12. The van der Waals surface area contributed by atoms with E-state index in [1.165, 1.54) is 0 Å². The molecule has 0 aliphatic rings. The lowest BCUT2D eigenvalue weighted by Gasteiger charge is -1.89. The average molecular weight is 274 g/mol. The minimum atomic E-state index is -3.56. The molecular formula is C3H4Cl5F3. The van der Waals surface area contributed by atoms with Gasteiger partial charge in [0.05, 0.1) is 0 Å². The van der Waals surface area contributed by atoms with Crippen LogP contribution in [-0.4, -0.2) is 8.89 Å². The molecule has 0 aliphatic heterocycles. The molecule has 0 aliphatic carbocycles. The van der Waals surface area contributed by atoms with Gasteiger partial charge in [0.2, 0.25) is 0 Å². The van der Waals surface area contributed by atoms with Gasteiger partial charge in [-0.1, -0.05) is 7.43 Å². The van der Waals surface area contributed by atoms with Gasteiger partial charge in [-0.05, 0) is 58.0 Å². The molecule has 0 aromatic carbocycles. The highest BCUT2D eigenvalue weighted by atomic mass is 35.6. The third-order valence-electron chi connectivity index (χ3n) is 0. The van der Waals surface area contributed by atoms with E-state index in [9.17, 15) is 13.2 Å². The van der Waals surface area contributed by atoms with Crippen molar-refractivity contribution >= 4 is 58.0 Å². The summed E-state index contributed by atoms with van der Waals surface area (Å²) in [5, 5.41) is 0. The summed E-state index contributed by atoms with van der Waals surface area (Å²) in [6.07, 6.45) is 0. The van der Waals surface area contributed by atoms with Crippen LogP contribution >= 0.6 is 58.0 Å². The molecule has 0 unspecified atom stereocenters. The van der Waals surface area contributed by atoms with Crippen molar-refractivity contribution < 1.29 is 13.2 Å². The Morgan fingerprint density at radius 3 is 0.727 bits per heavy atom. The summed E-state index contributed by atoms with van der Waals surface area (Å²) in [6, 6.07) is 0. The highest BCUT2D eigenvalue weighted by Gasteiger charge is 2.17. The first-order valence-corrected chi connectivity index (χ1v) is 3.40. The molecule has 11 heavy (non-hydrogen) atoms. The van der Waals surface area contributed by atoms with Crippen LogP contribution < -0.4 is 0 Å². The second kappa shape index (κ2) is 6.72.